The number of nitrogens with two attached hydrogens (primary N) is 1. The van der Waals surface area contributed by atoms with E-state index in [4.69, 9.17) is 10.8 Å². The summed E-state index contributed by atoms with van der Waals surface area (Å²) in [6.07, 6.45) is 0. The molecule has 1 aromatic carbocycles. The summed E-state index contributed by atoms with van der Waals surface area (Å²) >= 11 is 0. The normalized spacial score (nSPS) is 9.95. The highest BCUT2D eigenvalue weighted by atomic mass is 19.0. The fourth-order valence-electron chi connectivity index (χ4n) is 1.85. The highest BCUT2D eigenvalue weighted by molar-refractivity contribution is 6.06. The second kappa shape index (κ2) is 5.99. The smallest absolute Gasteiger partial charge is 0.337 e. The van der Waals surface area contributed by atoms with Crippen molar-refractivity contribution >= 4 is 28.7 Å². The Morgan fingerprint density at radius 2 is 2.05 bits per heavy atom. The Hall–Kier alpha value is -2.97. The summed E-state index contributed by atoms with van der Waals surface area (Å²) in [6.45, 7) is -0.415. The topological polar surface area (TPSA) is 125 Å². The zero-order valence-corrected chi connectivity index (χ0v) is 10.9. The van der Waals surface area contributed by atoms with Gasteiger partial charge in [-0.1, -0.05) is 0 Å². The molecule has 1 amide bonds. The minimum atomic E-state index is -1.11. The van der Waals surface area contributed by atoms with Gasteiger partial charge in [-0.15, -0.1) is 0 Å². The Morgan fingerprint density at radius 3 is 2.57 bits per heavy atom. The molecule has 0 radical (unpaired) electrons. The molecule has 0 saturated carbocycles. The van der Waals surface area contributed by atoms with E-state index >= 15 is 0 Å². The zero-order valence-electron chi connectivity index (χ0n) is 10.9. The Bertz CT molecular complexity index is 725. The Labute approximate surface area is 117 Å². The maximum atomic E-state index is 11.5. The number of benzene rings is 1. The number of rotatable bonds is 4. The van der Waals surface area contributed by atoms with Crippen molar-refractivity contribution in [3.05, 3.63) is 29.5 Å². The van der Waals surface area contributed by atoms with Crippen LogP contribution in [-0.4, -0.2) is 39.8 Å². The summed E-state index contributed by atoms with van der Waals surface area (Å²) in [6, 6.07) is 4.34. The van der Waals surface area contributed by atoms with Crippen LogP contribution >= 0.6 is 0 Å². The number of methoxy groups -OCH3 is 1. The van der Waals surface area contributed by atoms with Gasteiger partial charge in [-0.3, -0.25) is 19.0 Å². The monoisotopic (exact) mass is 297 g/mol. The average molecular weight is 297 g/mol. The van der Waals surface area contributed by atoms with E-state index in [-0.39, 0.29) is 16.0 Å². The minimum Gasteiger partial charge on any atom is -0.480 e. The number of fused-ring (bicyclic) bond motifs is 1. The van der Waals surface area contributed by atoms with Crippen molar-refractivity contribution in [2.75, 3.05) is 7.11 Å². The van der Waals surface area contributed by atoms with Crippen LogP contribution in [0.25, 0.3) is 10.9 Å². The van der Waals surface area contributed by atoms with E-state index in [2.05, 4.69) is 9.84 Å². The van der Waals surface area contributed by atoms with Crippen LogP contribution in [0.1, 0.15) is 20.8 Å². The lowest BCUT2D eigenvalue weighted by Crippen LogP contribution is -2.14. The lowest BCUT2D eigenvalue weighted by Gasteiger charge is -2.01. The van der Waals surface area contributed by atoms with E-state index in [1.807, 2.05) is 0 Å². The van der Waals surface area contributed by atoms with Crippen molar-refractivity contribution in [3.63, 3.8) is 0 Å². The first-order chi connectivity index (χ1) is 9.43. The fourth-order valence-corrected chi connectivity index (χ4v) is 1.85. The summed E-state index contributed by atoms with van der Waals surface area (Å²) in [5.74, 6) is -2.49. The van der Waals surface area contributed by atoms with Gasteiger partial charge in [0.15, 0.2) is 5.69 Å². The molecule has 0 unspecified atom stereocenters. The van der Waals surface area contributed by atoms with Gasteiger partial charge in [0.25, 0.3) is 5.91 Å². The van der Waals surface area contributed by atoms with E-state index in [1.165, 1.54) is 25.3 Å². The number of aliphatic carboxylic acids is 1. The number of hydrogen-bond acceptors (Lipinski definition) is 5. The third kappa shape index (κ3) is 2.96. The highest BCUT2D eigenvalue weighted by Gasteiger charge is 2.18. The first kappa shape index (κ1) is 16.1. The number of primary amides is 1. The minimum absolute atomic E-state index is 0. The van der Waals surface area contributed by atoms with Crippen molar-refractivity contribution < 1.29 is 28.9 Å². The van der Waals surface area contributed by atoms with Crippen LogP contribution in [0.3, 0.4) is 0 Å². The molecule has 1 heterocycles. The molecule has 2 rings (SSSR count). The van der Waals surface area contributed by atoms with Crippen LogP contribution in [-0.2, 0) is 16.1 Å². The number of carboxylic acid groups (broad SMARTS) is 1. The maximum Gasteiger partial charge on any atom is 0.337 e. The van der Waals surface area contributed by atoms with Crippen LogP contribution < -0.4 is 5.73 Å². The summed E-state index contributed by atoms with van der Waals surface area (Å²) in [5.41, 5.74) is 5.73. The molecule has 9 heteroatoms. The Balaban J connectivity index is 0.00000220. The first-order valence-corrected chi connectivity index (χ1v) is 5.54. The van der Waals surface area contributed by atoms with Gasteiger partial charge in [0, 0.05) is 5.39 Å². The molecule has 0 spiro atoms. The number of amides is 1. The van der Waals surface area contributed by atoms with Crippen LogP contribution in [0.5, 0.6) is 0 Å². The number of aromatic nitrogens is 2. The lowest BCUT2D eigenvalue weighted by molar-refractivity contribution is -0.137. The summed E-state index contributed by atoms with van der Waals surface area (Å²) in [4.78, 5) is 33.6. The van der Waals surface area contributed by atoms with Crippen LogP contribution in [0.4, 0.5) is 4.70 Å². The van der Waals surface area contributed by atoms with Crippen molar-refractivity contribution in [3.8, 4) is 0 Å². The van der Waals surface area contributed by atoms with E-state index in [0.29, 0.717) is 10.9 Å². The molecule has 0 atom stereocenters. The largest absolute Gasteiger partial charge is 0.480 e. The van der Waals surface area contributed by atoms with Gasteiger partial charge in [0.1, 0.15) is 6.54 Å². The third-order valence-electron chi connectivity index (χ3n) is 2.69. The molecule has 21 heavy (non-hydrogen) atoms. The SMILES string of the molecule is COC(=O)c1ccc2c(c1)c(C(N)=O)nn2CC(=O)O.F. The second-order valence-corrected chi connectivity index (χ2v) is 3.99. The van der Waals surface area contributed by atoms with Crippen LogP contribution in [0.15, 0.2) is 18.2 Å². The number of carboxylic acids is 1. The number of nitrogens with zero attached hydrogens (tertiary/aromatic N) is 2. The van der Waals surface area contributed by atoms with E-state index in [1.54, 1.807) is 0 Å². The van der Waals surface area contributed by atoms with Crippen LogP contribution in [0, 0.1) is 0 Å². The van der Waals surface area contributed by atoms with Crippen molar-refractivity contribution in [1.82, 2.24) is 9.78 Å². The molecule has 0 aliphatic rings. The van der Waals surface area contributed by atoms with E-state index < -0.39 is 24.4 Å². The molecule has 0 bridgehead atoms. The number of carbonyl (C=O) groups excluding carboxylic acids is 2. The molecule has 2 aromatic rings. The zero-order chi connectivity index (χ0) is 14.9. The number of esters is 1. The predicted octanol–water partition coefficient (Wildman–Crippen LogP) is 0.159. The number of carbonyl (C=O) groups is 3. The molecule has 0 aliphatic carbocycles. The van der Waals surface area contributed by atoms with Crippen molar-refractivity contribution in [2.45, 2.75) is 6.54 Å². The lowest BCUT2D eigenvalue weighted by atomic mass is 10.1. The molecular weight excluding hydrogens is 285 g/mol. The third-order valence-corrected chi connectivity index (χ3v) is 2.69. The van der Waals surface area contributed by atoms with E-state index in [0.717, 1.165) is 4.68 Å². The summed E-state index contributed by atoms with van der Waals surface area (Å²) < 4.78 is 5.72. The Morgan fingerprint density at radius 1 is 1.38 bits per heavy atom. The van der Waals surface area contributed by atoms with Gasteiger partial charge >= 0.3 is 11.9 Å². The average Bonchev–Trinajstić information content (AvgIpc) is 2.75. The van der Waals surface area contributed by atoms with Gasteiger partial charge in [-0.2, -0.15) is 5.10 Å². The number of ether oxygens (including phenoxy) is 1. The summed E-state index contributed by atoms with van der Waals surface area (Å²) in [7, 11) is 1.23. The number of halogens is 1. The van der Waals surface area contributed by atoms with E-state index in [9.17, 15) is 14.4 Å². The molecule has 0 saturated heterocycles. The highest BCUT2D eigenvalue weighted by Crippen LogP contribution is 2.20. The Kier molecular flexibility index (Phi) is 4.59. The predicted molar refractivity (Wildman–Crippen MR) is 69.7 cm³/mol. The van der Waals surface area contributed by atoms with Gasteiger partial charge in [-0.05, 0) is 18.2 Å². The fraction of sp³-hybridized carbons (Fsp3) is 0.167. The molecule has 1 aromatic heterocycles. The molecule has 0 fully saturated rings. The van der Waals surface area contributed by atoms with Gasteiger partial charge in [-0.25, -0.2) is 4.79 Å². The van der Waals surface area contributed by atoms with Gasteiger partial charge in [0.05, 0.1) is 18.2 Å². The summed E-state index contributed by atoms with van der Waals surface area (Å²) in [5, 5.41) is 13.0. The first-order valence-electron chi connectivity index (χ1n) is 5.54. The second-order valence-electron chi connectivity index (χ2n) is 3.99. The number of hydrogen-bond donors (Lipinski definition) is 2. The molecule has 112 valence electrons. The maximum absolute atomic E-state index is 11.5. The quantitative estimate of drug-likeness (QED) is 0.774. The van der Waals surface area contributed by atoms with Crippen LogP contribution in [0.2, 0.25) is 0 Å². The molecule has 0 aliphatic heterocycles. The van der Waals surface area contributed by atoms with Gasteiger partial charge in [0.2, 0.25) is 0 Å². The molecule has 3 N–H and O–H groups in total. The van der Waals surface area contributed by atoms with Gasteiger partial charge < -0.3 is 15.6 Å². The standard InChI is InChI=1S/C12H11N3O5.FH/c1-20-12(19)6-2-3-8-7(4-6)10(11(13)18)14-15(8)5-9(16)17;/h2-4H,5H2,1H3,(H2,13,18)(H,16,17);1H. The van der Waals surface area contributed by atoms with Crippen molar-refractivity contribution in [2.24, 2.45) is 5.73 Å². The van der Waals surface area contributed by atoms with Crippen molar-refractivity contribution in [1.29, 1.82) is 0 Å². The molecular formula is C12H12FN3O5. The molecule has 8 nitrogen and oxygen atoms in total.